The van der Waals surface area contributed by atoms with E-state index in [0.29, 0.717) is 32.7 Å². The van der Waals surface area contributed by atoms with Crippen molar-refractivity contribution in [3.8, 4) is 0 Å². The van der Waals surface area contributed by atoms with Gasteiger partial charge in [0.25, 0.3) is 0 Å². The van der Waals surface area contributed by atoms with Crippen molar-refractivity contribution in [1.82, 2.24) is 14.5 Å². The van der Waals surface area contributed by atoms with Crippen LogP contribution in [0, 0.1) is 0 Å². The molecule has 0 spiro atoms. The molecule has 24 heavy (non-hydrogen) atoms. The van der Waals surface area contributed by atoms with Crippen LogP contribution in [0.3, 0.4) is 0 Å². The molecule has 1 aliphatic heterocycles. The molecule has 1 amide bonds. The lowest BCUT2D eigenvalue weighted by Gasteiger charge is -2.33. The molecule has 0 bridgehead atoms. The fraction of sp³-hybridized carbons (Fsp3) is 0.588. The second kappa shape index (κ2) is 7.21. The smallest absolute Gasteiger partial charge is 0.234 e. The zero-order valence-corrected chi connectivity index (χ0v) is 14.9. The van der Waals surface area contributed by atoms with E-state index < -0.39 is 10.0 Å². The summed E-state index contributed by atoms with van der Waals surface area (Å²) in [4.78, 5) is 14.4. The van der Waals surface area contributed by atoms with E-state index in [0.717, 1.165) is 19.3 Å². The van der Waals surface area contributed by atoms with Gasteiger partial charge >= 0.3 is 0 Å². The molecular weight excluding hydrogens is 326 g/mol. The van der Waals surface area contributed by atoms with Crippen molar-refractivity contribution in [3.63, 3.8) is 0 Å². The van der Waals surface area contributed by atoms with Crippen molar-refractivity contribution < 1.29 is 13.2 Å². The first-order valence-corrected chi connectivity index (χ1v) is 10.3. The Balaban J connectivity index is 1.52. The number of nitrogens with one attached hydrogen (secondary N) is 1. The number of fused-ring (bicyclic) bond motifs is 1. The van der Waals surface area contributed by atoms with Crippen LogP contribution in [0.4, 0.5) is 0 Å². The number of carbonyl (C=O) groups is 1. The third-order valence-corrected chi connectivity index (χ3v) is 6.18. The second-order valence-corrected chi connectivity index (χ2v) is 8.63. The first-order valence-electron chi connectivity index (χ1n) is 8.48. The second-order valence-electron chi connectivity index (χ2n) is 6.65. The van der Waals surface area contributed by atoms with Gasteiger partial charge in [0, 0.05) is 26.2 Å². The molecule has 1 aliphatic carbocycles. The minimum atomic E-state index is -3.13. The van der Waals surface area contributed by atoms with Crippen LogP contribution in [-0.4, -0.2) is 62.5 Å². The van der Waals surface area contributed by atoms with Gasteiger partial charge in [-0.2, -0.15) is 4.31 Å². The van der Waals surface area contributed by atoms with Gasteiger partial charge in [-0.1, -0.05) is 24.3 Å². The number of nitrogens with zero attached hydrogens (tertiary/aromatic N) is 2. The van der Waals surface area contributed by atoms with E-state index in [9.17, 15) is 13.2 Å². The number of sulfonamides is 1. The molecule has 1 heterocycles. The Hall–Kier alpha value is -1.44. The summed E-state index contributed by atoms with van der Waals surface area (Å²) in [5.74, 6) is 0.0181. The van der Waals surface area contributed by atoms with E-state index >= 15 is 0 Å². The van der Waals surface area contributed by atoms with Crippen LogP contribution in [-0.2, 0) is 21.2 Å². The summed E-state index contributed by atoms with van der Waals surface area (Å²) in [5, 5.41) is 3.15. The van der Waals surface area contributed by atoms with Gasteiger partial charge < -0.3 is 5.32 Å². The fourth-order valence-electron chi connectivity index (χ4n) is 3.57. The van der Waals surface area contributed by atoms with Gasteiger partial charge in [-0.3, -0.25) is 9.69 Å². The minimum Gasteiger partial charge on any atom is -0.348 e. The normalized spacial score (nSPS) is 22.8. The highest BCUT2D eigenvalue weighted by atomic mass is 32.2. The molecule has 132 valence electrons. The maximum Gasteiger partial charge on any atom is 0.234 e. The Morgan fingerprint density at radius 1 is 1.21 bits per heavy atom. The van der Waals surface area contributed by atoms with E-state index in [4.69, 9.17) is 0 Å². The highest BCUT2D eigenvalue weighted by Crippen LogP contribution is 2.29. The Morgan fingerprint density at radius 2 is 1.92 bits per heavy atom. The summed E-state index contributed by atoms with van der Waals surface area (Å²) < 4.78 is 24.5. The molecule has 1 unspecified atom stereocenters. The van der Waals surface area contributed by atoms with Gasteiger partial charge in [0.15, 0.2) is 0 Å². The first-order chi connectivity index (χ1) is 11.4. The molecule has 2 aliphatic rings. The molecular formula is C17H25N3O3S. The molecule has 6 nitrogen and oxygen atoms in total. The molecule has 0 aromatic heterocycles. The number of rotatable bonds is 4. The molecule has 1 aromatic rings. The van der Waals surface area contributed by atoms with Gasteiger partial charge in [-0.25, -0.2) is 8.42 Å². The highest BCUT2D eigenvalue weighted by molar-refractivity contribution is 7.88. The molecule has 0 saturated carbocycles. The average Bonchev–Trinajstić information content (AvgIpc) is 2.55. The van der Waals surface area contributed by atoms with Crippen LogP contribution in [0.25, 0.3) is 0 Å². The lowest BCUT2D eigenvalue weighted by Crippen LogP contribution is -2.51. The monoisotopic (exact) mass is 351 g/mol. The molecule has 1 saturated heterocycles. The van der Waals surface area contributed by atoms with Crippen LogP contribution in [0.1, 0.15) is 30.0 Å². The number of benzene rings is 1. The Bertz CT molecular complexity index is 697. The van der Waals surface area contributed by atoms with Crippen LogP contribution in [0.5, 0.6) is 0 Å². The predicted octanol–water partition coefficient (Wildman–Crippen LogP) is 0.757. The zero-order valence-electron chi connectivity index (χ0n) is 14.1. The van der Waals surface area contributed by atoms with Crippen LogP contribution < -0.4 is 5.32 Å². The molecule has 1 atom stereocenters. The topological polar surface area (TPSA) is 69.7 Å². The van der Waals surface area contributed by atoms with E-state index in [1.165, 1.54) is 21.7 Å². The minimum absolute atomic E-state index is 0.0181. The predicted molar refractivity (Wildman–Crippen MR) is 93.1 cm³/mol. The van der Waals surface area contributed by atoms with E-state index in [1.54, 1.807) is 0 Å². The van der Waals surface area contributed by atoms with Crippen LogP contribution in [0.2, 0.25) is 0 Å². The Morgan fingerprint density at radius 3 is 2.62 bits per heavy atom. The summed E-state index contributed by atoms with van der Waals surface area (Å²) in [6, 6.07) is 8.40. The van der Waals surface area contributed by atoms with Gasteiger partial charge in [-0.05, 0) is 30.4 Å². The third kappa shape index (κ3) is 4.15. The van der Waals surface area contributed by atoms with Gasteiger partial charge in [0.2, 0.25) is 15.9 Å². The molecule has 0 radical (unpaired) electrons. The number of carbonyl (C=O) groups excluding carboxylic acids is 1. The maximum absolute atomic E-state index is 12.4. The number of hydrogen-bond donors (Lipinski definition) is 1. The highest BCUT2D eigenvalue weighted by Gasteiger charge is 2.26. The Kier molecular flexibility index (Phi) is 5.22. The maximum atomic E-state index is 12.4. The van der Waals surface area contributed by atoms with E-state index in [1.807, 2.05) is 17.0 Å². The van der Waals surface area contributed by atoms with Crippen molar-refractivity contribution >= 4 is 15.9 Å². The van der Waals surface area contributed by atoms with Crippen molar-refractivity contribution in [2.24, 2.45) is 0 Å². The molecule has 1 N–H and O–H groups in total. The van der Waals surface area contributed by atoms with Crippen molar-refractivity contribution in [1.29, 1.82) is 0 Å². The SMILES string of the molecule is CS(=O)(=O)N1CCN(CC(=O)NC2CCCc3ccccc32)CC1. The van der Waals surface area contributed by atoms with E-state index in [2.05, 4.69) is 17.4 Å². The number of piperazine rings is 1. The standard InChI is InChI=1S/C17H25N3O3S/c1-24(22,23)20-11-9-19(10-12-20)13-17(21)18-16-8-4-6-14-5-2-3-7-15(14)16/h2-3,5,7,16H,4,6,8-13H2,1H3,(H,18,21). The van der Waals surface area contributed by atoms with Crippen LogP contribution in [0.15, 0.2) is 24.3 Å². The van der Waals surface area contributed by atoms with Crippen molar-refractivity contribution in [2.45, 2.75) is 25.3 Å². The number of hydrogen-bond acceptors (Lipinski definition) is 4. The number of amides is 1. The third-order valence-electron chi connectivity index (χ3n) is 4.87. The summed E-state index contributed by atoms with van der Waals surface area (Å²) in [7, 11) is -3.13. The summed E-state index contributed by atoms with van der Waals surface area (Å²) >= 11 is 0. The largest absolute Gasteiger partial charge is 0.348 e. The fourth-order valence-corrected chi connectivity index (χ4v) is 4.39. The zero-order chi connectivity index (χ0) is 17.2. The van der Waals surface area contributed by atoms with Crippen molar-refractivity contribution in [3.05, 3.63) is 35.4 Å². The van der Waals surface area contributed by atoms with Crippen molar-refractivity contribution in [2.75, 3.05) is 39.0 Å². The first kappa shape index (κ1) is 17.4. The molecule has 1 fully saturated rings. The summed E-state index contributed by atoms with van der Waals surface area (Å²) in [6.07, 6.45) is 4.38. The van der Waals surface area contributed by atoms with Gasteiger partial charge in [0.1, 0.15) is 0 Å². The van der Waals surface area contributed by atoms with E-state index in [-0.39, 0.29) is 11.9 Å². The molecule has 7 heteroatoms. The number of aryl methyl sites for hydroxylation is 1. The molecule has 1 aromatic carbocycles. The summed E-state index contributed by atoms with van der Waals surface area (Å²) in [5.41, 5.74) is 2.56. The lowest BCUT2D eigenvalue weighted by atomic mass is 9.88. The average molecular weight is 351 g/mol. The van der Waals surface area contributed by atoms with Gasteiger partial charge in [0.05, 0.1) is 18.8 Å². The van der Waals surface area contributed by atoms with Gasteiger partial charge in [-0.15, -0.1) is 0 Å². The Labute approximate surface area is 143 Å². The molecule has 3 rings (SSSR count). The summed E-state index contributed by atoms with van der Waals surface area (Å²) in [6.45, 7) is 2.44. The quantitative estimate of drug-likeness (QED) is 0.869. The van der Waals surface area contributed by atoms with Crippen LogP contribution >= 0.6 is 0 Å². The lowest BCUT2D eigenvalue weighted by molar-refractivity contribution is -0.123.